The fraction of sp³-hybridized carbons (Fsp3) is 0.333. The molecule has 3 N–H and O–H groups in total. The second-order valence-electron chi connectivity index (χ2n) is 4.35. The Morgan fingerprint density at radius 3 is 2.39 bits per heavy atom. The van der Waals surface area contributed by atoms with Crippen LogP contribution in [-0.4, -0.2) is 0 Å². The van der Waals surface area contributed by atoms with Gasteiger partial charge in [0.1, 0.15) is 5.76 Å². The molecule has 1 atom stereocenters. The molecule has 0 saturated carbocycles. The van der Waals surface area contributed by atoms with E-state index >= 15 is 0 Å². The third-order valence-electron chi connectivity index (χ3n) is 3.30. The summed E-state index contributed by atoms with van der Waals surface area (Å²) in [6.07, 6.45) is 3.64. The topological polar surface area (TPSA) is 51.2 Å². The molecular formula is C15H20N2O. The summed E-state index contributed by atoms with van der Waals surface area (Å²) in [4.78, 5) is 0. The molecule has 1 unspecified atom stereocenters. The average molecular weight is 244 g/mol. The van der Waals surface area contributed by atoms with Gasteiger partial charge in [0.25, 0.3) is 0 Å². The molecule has 0 radical (unpaired) electrons. The highest BCUT2D eigenvalue weighted by Gasteiger charge is 2.17. The molecule has 0 bridgehead atoms. The van der Waals surface area contributed by atoms with Gasteiger partial charge < -0.3 is 4.42 Å². The highest BCUT2D eigenvalue weighted by Crippen LogP contribution is 2.26. The number of hydrogen-bond donors (Lipinski definition) is 2. The highest BCUT2D eigenvalue weighted by atomic mass is 16.3. The minimum Gasteiger partial charge on any atom is -0.469 e. The van der Waals surface area contributed by atoms with Gasteiger partial charge in [-0.05, 0) is 23.6 Å². The lowest BCUT2D eigenvalue weighted by molar-refractivity contribution is 0.502. The van der Waals surface area contributed by atoms with Crippen LogP contribution < -0.4 is 11.3 Å². The lowest BCUT2D eigenvalue weighted by atomic mass is 9.97. The van der Waals surface area contributed by atoms with E-state index in [1.807, 2.05) is 6.07 Å². The van der Waals surface area contributed by atoms with E-state index in [4.69, 9.17) is 10.3 Å². The van der Waals surface area contributed by atoms with Crippen molar-refractivity contribution in [3.63, 3.8) is 0 Å². The monoisotopic (exact) mass is 244 g/mol. The van der Waals surface area contributed by atoms with E-state index in [0.717, 1.165) is 29.7 Å². The SMILES string of the molecule is CCc1ccc(C(NN)c2ccoc2CC)cc1. The van der Waals surface area contributed by atoms with Crippen molar-refractivity contribution in [1.29, 1.82) is 0 Å². The molecule has 0 fully saturated rings. The highest BCUT2D eigenvalue weighted by molar-refractivity contribution is 5.34. The molecule has 1 heterocycles. The van der Waals surface area contributed by atoms with Crippen molar-refractivity contribution >= 4 is 0 Å². The number of hydrazine groups is 1. The van der Waals surface area contributed by atoms with Crippen molar-refractivity contribution in [3.05, 3.63) is 59.0 Å². The zero-order chi connectivity index (χ0) is 13.0. The molecule has 0 aliphatic heterocycles. The molecule has 3 nitrogen and oxygen atoms in total. The summed E-state index contributed by atoms with van der Waals surface area (Å²) in [5, 5.41) is 0. The first-order valence-corrected chi connectivity index (χ1v) is 6.41. The Morgan fingerprint density at radius 1 is 1.11 bits per heavy atom. The van der Waals surface area contributed by atoms with E-state index in [1.54, 1.807) is 6.26 Å². The van der Waals surface area contributed by atoms with Crippen molar-refractivity contribution < 1.29 is 4.42 Å². The van der Waals surface area contributed by atoms with Gasteiger partial charge in [-0.15, -0.1) is 0 Å². The molecule has 96 valence electrons. The molecule has 0 spiro atoms. The van der Waals surface area contributed by atoms with E-state index in [0.29, 0.717) is 0 Å². The summed E-state index contributed by atoms with van der Waals surface area (Å²) in [7, 11) is 0. The quantitative estimate of drug-likeness (QED) is 0.628. The van der Waals surface area contributed by atoms with Crippen molar-refractivity contribution in [2.24, 2.45) is 5.84 Å². The standard InChI is InChI=1S/C15H20N2O/c1-3-11-5-7-12(8-6-11)15(17-16)13-9-10-18-14(13)4-2/h5-10,15,17H,3-4,16H2,1-2H3. The molecule has 0 aliphatic rings. The maximum Gasteiger partial charge on any atom is 0.108 e. The third-order valence-corrected chi connectivity index (χ3v) is 3.30. The molecule has 1 aromatic carbocycles. The van der Waals surface area contributed by atoms with E-state index < -0.39 is 0 Å². The molecule has 0 saturated heterocycles. The predicted octanol–water partition coefficient (Wildman–Crippen LogP) is 2.96. The smallest absolute Gasteiger partial charge is 0.108 e. The molecule has 18 heavy (non-hydrogen) atoms. The Labute approximate surface area is 108 Å². The summed E-state index contributed by atoms with van der Waals surface area (Å²) in [6.45, 7) is 4.23. The van der Waals surface area contributed by atoms with Crippen LogP contribution in [0, 0.1) is 0 Å². The molecule has 0 aliphatic carbocycles. The van der Waals surface area contributed by atoms with Gasteiger partial charge >= 0.3 is 0 Å². The second-order valence-corrected chi connectivity index (χ2v) is 4.35. The fourth-order valence-electron chi connectivity index (χ4n) is 2.21. The van der Waals surface area contributed by atoms with Crippen molar-refractivity contribution in [2.75, 3.05) is 0 Å². The Kier molecular flexibility index (Phi) is 4.18. The minimum atomic E-state index is -0.00962. The largest absolute Gasteiger partial charge is 0.469 e. The zero-order valence-corrected chi connectivity index (χ0v) is 10.9. The van der Waals surface area contributed by atoms with Gasteiger partial charge in [-0.2, -0.15) is 0 Å². The Balaban J connectivity index is 2.32. The van der Waals surface area contributed by atoms with Gasteiger partial charge in [0.15, 0.2) is 0 Å². The lowest BCUT2D eigenvalue weighted by Gasteiger charge is -2.16. The van der Waals surface area contributed by atoms with Crippen LogP contribution >= 0.6 is 0 Å². The second kappa shape index (κ2) is 5.85. The predicted molar refractivity (Wildman–Crippen MR) is 73.1 cm³/mol. The summed E-state index contributed by atoms with van der Waals surface area (Å²) < 4.78 is 5.47. The molecular weight excluding hydrogens is 224 g/mol. The van der Waals surface area contributed by atoms with E-state index in [1.165, 1.54) is 5.56 Å². The Hall–Kier alpha value is -1.58. The van der Waals surface area contributed by atoms with Crippen LogP contribution in [0.4, 0.5) is 0 Å². The number of nitrogens with two attached hydrogens (primary N) is 1. The van der Waals surface area contributed by atoms with Crippen LogP contribution in [0.3, 0.4) is 0 Å². The molecule has 3 heteroatoms. The van der Waals surface area contributed by atoms with Crippen LogP contribution in [0.25, 0.3) is 0 Å². The minimum absolute atomic E-state index is 0.00962. The first-order chi connectivity index (χ1) is 8.80. The number of hydrogen-bond acceptors (Lipinski definition) is 3. The number of furan rings is 1. The Morgan fingerprint density at radius 2 is 1.83 bits per heavy atom. The van der Waals surface area contributed by atoms with Gasteiger partial charge in [-0.1, -0.05) is 38.1 Å². The molecule has 0 amide bonds. The summed E-state index contributed by atoms with van der Waals surface area (Å²) in [6, 6.07) is 10.5. The summed E-state index contributed by atoms with van der Waals surface area (Å²) >= 11 is 0. The van der Waals surface area contributed by atoms with Gasteiger partial charge in [-0.3, -0.25) is 5.84 Å². The number of rotatable bonds is 5. The lowest BCUT2D eigenvalue weighted by Crippen LogP contribution is -2.29. The Bertz CT molecular complexity index is 487. The zero-order valence-electron chi connectivity index (χ0n) is 10.9. The van der Waals surface area contributed by atoms with Crippen molar-refractivity contribution in [3.8, 4) is 0 Å². The third kappa shape index (κ3) is 2.47. The van der Waals surface area contributed by atoms with Crippen LogP contribution in [0.5, 0.6) is 0 Å². The van der Waals surface area contributed by atoms with Crippen LogP contribution in [-0.2, 0) is 12.8 Å². The summed E-state index contributed by atoms with van der Waals surface area (Å²) in [5.74, 6) is 6.68. The molecule has 1 aromatic heterocycles. The fourth-order valence-corrected chi connectivity index (χ4v) is 2.21. The molecule has 2 aromatic rings. The normalized spacial score (nSPS) is 12.6. The maximum atomic E-state index is 5.70. The first-order valence-electron chi connectivity index (χ1n) is 6.41. The van der Waals surface area contributed by atoms with Crippen molar-refractivity contribution in [1.82, 2.24) is 5.43 Å². The van der Waals surface area contributed by atoms with Gasteiger partial charge in [0.05, 0.1) is 12.3 Å². The van der Waals surface area contributed by atoms with Gasteiger partial charge in [0.2, 0.25) is 0 Å². The van der Waals surface area contributed by atoms with Gasteiger partial charge in [0, 0.05) is 12.0 Å². The number of aryl methyl sites for hydroxylation is 2. The van der Waals surface area contributed by atoms with Crippen molar-refractivity contribution in [2.45, 2.75) is 32.7 Å². The molecule has 2 rings (SSSR count). The van der Waals surface area contributed by atoms with E-state index in [-0.39, 0.29) is 6.04 Å². The first kappa shape index (κ1) is 12.9. The maximum absolute atomic E-state index is 5.70. The van der Waals surface area contributed by atoms with E-state index in [9.17, 15) is 0 Å². The number of nitrogens with one attached hydrogen (secondary N) is 1. The van der Waals surface area contributed by atoms with E-state index in [2.05, 4.69) is 43.5 Å². The average Bonchev–Trinajstić information content (AvgIpc) is 2.89. The van der Waals surface area contributed by atoms with Crippen LogP contribution in [0.1, 0.15) is 42.3 Å². The van der Waals surface area contributed by atoms with Crippen LogP contribution in [0.2, 0.25) is 0 Å². The van der Waals surface area contributed by atoms with Gasteiger partial charge in [-0.25, -0.2) is 5.43 Å². The van der Waals surface area contributed by atoms with Crippen LogP contribution in [0.15, 0.2) is 41.0 Å². The summed E-state index contributed by atoms with van der Waals surface area (Å²) in [5.41, 5.74) is 6.48. The number of benzene rings is 1.